The maximum Gasteiger partial charge on any atom is 0.107 e. The first-order chi connectivity index (χ1) is 6.36. The molecule has 0 saturated heterocycles. The molecule has 0 aliphatic rings. The molecule has 2 nitrogen and oxygen atoms in total. The van der Waals surface area contributed by atoms with Crippen molar-refractivity contribution in [2.75, 3.05) is 0 Å². The Bertz CT molecular complexity index is 285. The van der Waals surface area contributed by atoms with E-state index in [1.807, 2.05) is 0 Å². The van der Waals surface area contributed by atoms with Gasteiger partial charge in [-0.05, 0) is 12.8 Å². The molecule has 0 amide bonds. The number of aryl methyl sites for hydroxylation is 1. The van der Waals surface area contributed by atoms with E-state index >= 15 is 0 Å². The topological polar surface area (TPSA) is 36.7 Å². The fourth-order valence-electron chi connectivity index (χ4n) is 1.17. The Labute approximate surface area is 83.2 Å². The zero-order valence-electron chi connectivity index (χ0n) is 7.92. The van der Waals surface area contributed by atoms with Gasteiger partial charge in [0, 0.05) is 5.38 Å². The van der Waals surface area contributed by atoms with Crippen molar-refractivity contribution in [1.29, 1.82) is 5.26 Å². The average Bonchev–Trinajstić information content (AvgIpc) is 2.54. The Balaban J connectivity index is 2.36. The lowest BCUT2D eigenvalue weighted by Gasteiger charge is -1.93. The van der Waals surface area contributed by atoms with Gasteiger partial charge in [-0.25, -0.2) is 4.98 Å². The standard InChI is InChI=1S/C10H14N2S/c1-2-3-4-5-9-8-13-10(12-9)6-7-11/h8H,2-6H2,1H3. The number of hydrogen-bond acceptors (Lipinski definition) is 3. The van der Waals surface area contributed by atoms with Crippen LogP contribution in [0, 0.1) is 11.3 Å². The number of nitriles is 1. The highest BCUT2D eigenvalue weighted by Gasteiger charge is 2.00. The van der Waals surface area contributed by atoms with Crippen LogP contribution in [0.15, 0.2) is 5.38 Å². The highest BCUT2D eigenvalue weighted by Crippen LogP contribution is 2.12. The van der Waals surface area contributed by atoms with Gasteiger partial charge in [0.2, 0.25) is 0 Å². The molecule has 1 aromatic rings. The molecular weight excluding hydrogens is 180 g/mol. The molecule has 0 fully saturated rings. The number of unbranched alkanes of at least 4 members (excludes halogenated alkanes) is 2. The van der Waals surface area contributed by atoms with Gasteiger partial charge < -0.3 is 0 Å². The van der Waals surface area contributed by atoms with Crippen molar-refractivity contribution in [3.05, 3.63) is 16.1 Å². The van der Waals surface area contributed by atoms with Crippen molar-refractivity contribution in [3.8, 4) is 6.07 Å². The fraction of sp³-hybridized carbons (Fsp3) is 0.600. The highest BCUT2D eigenvalue weighted by atomic mass is 32.1. The van der Waals surface area contributed by atoms with E-state index in [1.54, 1.807) is 11.3 Å². The number of thiazole rings is 1. The lowest BCUT2D eigenvalue weighted by Crippen LogP contribution is -1.86. The van der Waals surface area contributed by atoms with E-state index in [9.17, 15) is 0 Å². The van der Waals surface area contributed by atoms with Crippen LogP contribution in [0.25, 0.3) is 0 Å². The van der Waals surface area contributed by atoms with E-state index in [0.29, 0.717) is 6.42 Å². The van der Waals surface area contributed by atoms with Gasteiger partial charge in [0.1, 0.15) is 5.01 Å². The van der Waals surface area contributed by atoms with Crippen molar-refractivity contribution in [2.45, 2.75) is 39.0 Å². The summed E-state index contributed by atoms with van der Waals surface area (Å²) >= 11 is 1.60. The molecule has 1 heterocycles. The first-order valence-corrected chi connectivity index (χ1v) is 5.55. The Morgan fingerprint density at radius 1 is 1.54 bits per heavy atom. The van der Waals surface area contributed by atoms with E-state index in [2.05, 4.69) is 23.4 Å². The van der Waals surface area contributed by atoms with Gasteiger partial charge in [0.05, 0.1) is 18.2 Å². The second-order valence-corrected chi connectivity index (χ2v) is 3.97. The molecule has 0 bridgehead atoms. The minimum absolute atomic E-state index is 0.457. The van der Waals surface area contributed by atoms with Crippen LogP contribution in [0.5, 0.6) is 0 Å². The largest absolute Gasteiger partial charge is 0.245 e. The van der Waals surface area contributed by atoms with E-state index in [0.717, 1.165) is 17.1 Å². The normalized spacial score (nSPS) is 9.85. The molecule has 1 rings (SSSR count). The van der Waals surface area contributed by atoms with Crippen molar-refractivity contribution >= 4 is 11.3 Å². The Morgan fingerprint density at radius 3 is 3.08 bits per heavy atom. The van der Waals surface area contributed by atoms with Crippen molar-refractivity contribution < 1.29 is 0 Å². The smallest absolute Gasteiger partial charge is 0.107 e. The van der Waals surface area contributed by atoms with Crippen LogP contribution in [-0.4, -0.2) is 4.98 Å². The summed E-state index contributed by atoms with van der Waals surface area (Å²) in [6.45, 7) is 2.20. The van der Waals surface area contributed by atoms with Crippen LogP contribution >= 0.6 is 11.3 Å². The van der Waals surface area contributed by atoms with E-state index in [4.69, 9.17) is 5.26 Å². The summed E-state index contributed by atoms with van der Waals surface area (Å²) in [4.78, 5) is 4.37. The molecule has 13 heavy (non-hydrogen) atoms. The molecule has 70 valence electrons. The molecular formula is C10H14N2S. The van der Waals surface area contributed by atoms with Gasteiger partial charge in [-0.2, -0.15) is 5.26 Å². The summed E-state index contributed by atoms with van der Waals surface area (Å²) in [5.74, 6) is 0. The third-order valence-corrected chi connectivity index (χ3v) is 2.76. The zero-order valence-corrected chi connectivity index (χ0v) is 8.73. The van der Waals surface area contributed by atoms with Gasteiger partial charge in [0.25, 0.3) is 0 Å². The van der Waals surface area contributed by atoms with Gasteiger partial charge in [-0.1, -0.05) is 19.8 Å². The fourth-order valence-corrected chi connectivity index (χ4v) is 1.93. The van der Waals surface area contributed by atoms with Crippen LogP contribution in [0.2, 0.25) is 0 Å². The molecule has 0 atom stereocenters. The molecule has 3 heteroatoms. The summed E-state index contributed by atoms with van der Waals surface area (Å²) in [5.41, 5.74) is 1.16. The maximum atomic E-state index is 8.46. The predicted octanol–water partition coefficient (Wildman–Crippen LogP) is 2.94. The lowest BCUT2D eigenvalue weighted by molar-refractivity contribution is 0.708. The summed E-state index contributed by atoms with van der Waals surface area (Å²) < 4.78 is 0. The van der Waals surface area contributed by atoms with Gasteiger partial charge in [0.15, 0.2) is 0 Å². The molecule has 0 unspecified atom stereocenters. The number of rotatable bonds is 5. The van der Waals surface area contributed by atoms with E-state index < -0.39 is 0 Å². The zero-order chi connectivity index (χ0) is 9.52. The molecule has 0 aliphatic heterocycles. The van der Waals surface area contributed by atoms with Crippen LogP contribution in [-0.2, 0) is 12.8 Å². The first-order valence-electron chi connectivity index (χ1n) is 4.67. The Hall–Kier alpha value is -0.880. The molecule has 0 aliphatic carbocycles. The second-order valence-electron chi connectivity index (χ2n) is 3.02. The summed E-state index contributed by atoms with van der Waals surface area (Å²) in [7, 11) is 0. The summed E-state index contributed by atoms with van der Waals surface area (Å²) in [6.07, 6.45) is 5.25. The summed E-state index contributed by atoms with van der Waals surface area (Å²) in [6, 6.07) is 2.11. The van der Waals surface area contributed by atoms with E-state index in [-0.39, 0.29) is 0 Å². The molecule has 0 saturated carbocycles. The average molecular weight is 194 g/mol. The van der Waals surface area contributed by atoms with Crippen molar-refractivity contribution in [3.63, 3.8) is 0 Å². The molecule has 0 radical (unpaired) electrons. The van der Waals surface area contributed by atoms with Crippen LogP contribution < -0.4 is 0 Å². The predicted molar refractivity (Wildman–Crippen MR) is 54.7 cm³/mol. The minimum atomic E-state index is 0.457. The lowest BCUT2D eigenvalue weighted by atomic mass is 10.2. The second kappa shape index (κ2) is 5.71. The summed E-state index contributed by atoms with van der Waals surface area (Å²) in [5, 5.41) is 11.5. The monoisotopic (exact) mass is 194 g/mol. The van der Waals surface area contributed by atoms with Gasteiger partial charge >= 0.3 is 0 Å². The molecule has 0 N–H and O–H groups in total. The highest BCUT2D eigenvalue weighted by molar-refractivity contribution is 7.09. The van der Waals surface area contributed by atoms with Crippen molar-refractivity contribution in [2.24, 2.45) is 0 Å². The Kier molecular flexibility index (Phi) is 4.48. The number of hydrogen-bond donors (Lipinski definition) is 0. The first kappa shape index (κ1) is 10.2. The maximum absolute atomic E-state index is 8.46. The van der Waals surface area contributed by atoms with Gasteiger partial charge in [-0.3, -0.25) is 0 Å². The minimum Gasteiger partial charge on any atom is -0.245 e. The number of nitrogens with zero attached hydrogens (tertiary/aromatic N) is 2. The third kappa shape index (κ3) is 3.56. The van der Waals surface area contributed by atoms with Crippen LogP contribution in [0.1, 0.15) is 36.9 Å². The van der Waals surface area contributed by atoms with E-state index in [1.165, 1.54) is 19.3 Å². The van der Waals surface area contributed by atoms with Crippen LogP contribution in [0.3, 0.4) is 0 Å². The molecule has 0 spiro atoms. The molecule has 1 aromatic heterocycles. The quantitative estimate of drug-likeness (QED) is 0.676. The Morgan fingerprint density at radius 2 is 2.38 bits per heavy atom. The number of aromatic nitrogens is 1. The third-order valence-electron chi connectivity index (χ3n) is 1.87. The SMILES string of the molecule is CCCCCc1csc(CC#N)n1. The van der Waals surface area contributed by atoms with Crippen LogP contribution in [0.4, 0.5) is 0 Å². The molecule has 0 aromatic carbocycles. The van der Waals surface area contributed by atoms with Gasteiger partial charge in [-0.15, -0.1) is 11.3 Å². The van der Waals surface area contributed by atoms with Crippen molar-refractivity contribution in [1.82, 2.24) is 4.98 Å².